The zero-order valence-electron chi connectivity index (χ0n) is 7.39. The molecule has 0 heterocycles. The quantitative estimate of drug-likeness (QED) is 0.646. The summed E-state index contributed by atoms with van der Waals surface area (Å²) in [6.45, 7) is 4.14. The van der Waals surface area contributed by atoms with E-state index in [9.17, 15) is 4.79 Å². The van der Waals surface area contributed by atoms with E-state index >= 15 is 0 Å². The van der Waals surface area contributed by atoms with Gasteiger partial charge in [-0.05, 0) is 25.2 Å². The van der Waals surface area contributed by atoms with Gasteiger partial charge in [0.25, 0.3) is 0 Å². The van der Waals surface area contributed by atoms with Crippen molar-refractivity contribution in [3.05, 3.63) is 0 Å². The average molecular weight is 155 g/mol. The van der Waals surface area contributed by atoms with E-state index in [0.717, 1.165) is 5.92 Å². The fourth-order valence-corrected chi connectivity index (χ4v) is 1.67. The monoisotopic (exact) mass is 155 g/mol. The van der Waals surface area contributed by atoms with Crippen LogP contribution in [-0.4, -0.2) is 11.9 Å². The standard InChI is InChI=1S/C9H17NO/c1-3-9(11)10-8-5-4-7(2)6-8/h7-8H,3-6H2,1-2H3,(H,10,11). The summed E-state index contributed by atoms with van der Waals surface area (Å²) in [4.78, 5) is 11.0. The molecule has 2 heteroatoms. The van der Waals surface area contributed by atoms with Crippen molar-refractivity contribution in [2.45, 2.75) is 45.6 Å². The van der Waals surface area contributed by atoms with Crippen LogP contribution >= 0.6 is 0 Å². The summed E-state index contributed by atoms with van der Waals surface area (Å²) in [5.74, 6) is 1.00. The molecular formula is C9H17NO. The second kappa shape index (κ2) is 3.74. The van der Waals surface area contributed by atoms with Crippen molar-refractivity contribution in [2.75, 3.05) is 0 Å². The predicted octanol–water partition coefficient (Wildman–Crippen LogP) is 1.70. The highest BCUT2D eigenvalue weighted by molar-refractivity contribution is 5.75. The van der Waals surface area contributed by atoms with E-state index in [1.165, 1.54) is 19.3 Å². The van der Waals surface area contributed by atoms with Gasteiger partial charge in [-0.3, -0.25) is 4.79 Å². The molecule has 2 atom stereocenters. The van der Waals surface area contributed by atoms with Crippen LogP contribution in [-0.2, 0) is 4.79 Å². The third-order valence-electron chi connectivity index (χ3n) is 2.38. The molecule has 0 aromatic heterocycles. The molecule has 0 aliphatic heterocycles. The lowest BCUT2D eigenvalue weighted by atomic mass is 10.1. The first kappa shape index (κ1) is 8.57. The number of rotatable bonds is 2. The molecule has 0 aromatic rings. The highest BCUT2D eigenvalue weighted by atomic mass is 16.1. The Morgan fingerprint density at radius 3 is 2.73 bits per heavy atom. The van der Waals surface area contributed by atoms with Crippen LogP contribution in [0.1, 0.15) is 39.5 Å². The number of carbonyl (C=O) groups is 1. The van der Waals surface area contributed by atoms with Crippen molar-refractivity contribution in [1.29, 1.82) is 0 Å². The maximum Gasteiger partial charge on any atom is 0.219 e. The zero-order valence-corrected chi connectivity index (χ0v) is 7.39. The van der Waals surface area contributed by atoms with Crippen LogP contribution in [0.4, 0.5) is 0 Å². The molecule has 0 saturated heterocycles. The number of hydrogen-bond acceptors (Lipinski definition) is 1. The van der Waals surface area contributed by atoms with Gasteiger partial charge >= 0.3 is 0 Å². The summed E-state index contributed by atoms with van der Waals surface area (Å²) in [6.07, 6.45) is 4.23. The smallest absolute Gasteiger partial charge is 0.219 e. The Morgan fingerprint density at radius 2 is 2.27 bits per heavy atom. The summed E-state index contributed by atoms with van der Waals surface area (Å²) < 4.78 is 0. The van der Waals surface area contributed by atoms with Gasteiger partial charge in [-0.2, -0.15) is 0 Å². The Kier molecular flexibility index (Phi) is 2.92. The summed E-state index contributed by atoms with van der Waals surface area (Å²) in [7, 11) is 0. The molecule has 0 radical (unpaired) electrons. The summed E-state index contributed by atoms with van der Waals surface area (Å²) in [5, 5.41) is 3.02. The van der Waals surface area contributed by atoms with Crippen LogP contribution in [0.25, 0.3) is 0 Å². The van der Waals surface area contributed by atoms with Gasteiger partial charge in [0.15, 0.2) is 0 Å². The molecule has 11 heavy (non-hydrogen) atoms. The Bertz CT molecular complexity index is 144. The topological polar surface area (TPSA) is 29.1 Å². The number of nitrogens with one attached hydrogen (secondary N) is 1. The van der Waals surface area contributed by atoms with E-state index in [1.54, 1.807) is 0 Å². The van der Waals surface area contributed by atoms with Gasteiger partial charge in [0.1, 0.15) is 0 Å². The van der Waals surface area contributed by atoms with E-state index in [1.807, 2.05) is 6.92 Å². The fourth-order valence-electron chi connectivity index (χ4n) is 1.67. The van der Waals surface area contributed by atoms with E-state index < -0.39 is 0 Å². The molecule has 1 aliphatic rings. The van der Waals surface area contributed by atoms with E-state index in [2.05, 4.69) is 12.2 Å². The van der Waals surface area contributed by atoms with Crippen molar-refractivity contribution in [2.24, 2.45) is 5.92 Å². The van der Waals surface area contributed by atoms with E-state index in [-0.39, 0.29) is 5.91 Å². The first-order valence-corrected chi connectivity index (χ1v) is 4.51. The Morgan fingerprint density at radius 1 is 1.55 bits per heavy atom. The molecule has 2 unspecified atom stereocenters. The largest absolute Gasteiger partial charge is 0.353 e. The molecule has 0 aromatic carbocycles. The minimum absolute atomic E-state index is 0.198. The van der Waals surface area contributed by atoms with E-state index in [0.29, 0.717) is 12.5 Å². The lowest BCUT2D eigenvalue weighted by Gasteiger charge is -2.10. The highest BCUT2D eigenvalue weighted by Crippen LogP contribution is 2.24. The molecule has 1 rings (SSSR count). The second-order valence-corrected chi connectivity index (χ2v) is 3.54. The van der Waals surface area contributed by atoms with Gasteiger partial charge in [-0.1, -0.05) is 13.8 Å². The first-order valence-electron chi connectivity index (χ1n) is 4.51. The average Bonchev–Trinajstić information content (AvgIpc) is 2.35. The number of amides is 1. The van der Waals surface area contributed by atoms with Crippen LogP contribution < -0.4 is 5.32 Å². The van der Waals surface area contributed by atoms with Crippen molar-refractivity contribution >= 4 is 5.91 Å². The Balaban J connectivity index is 2.23. The molecule has 0 bridgehead atoms. The van der Waals surface area contributed by atoms with Crippen molar-refractivity contribution < 1.29 is 4.79 Å². The predicted molar refractivity (Wildman–Crippen MR) is 45.2 cm³/mol. The first-order chi connectivity index (χ1) is 5.22. The summed E-state index contributed by atoms with van der Waals surface area (Å²) in [6, 6.07) is 0.470. The molecule has 64 valence electrons. The molecule has 0 spiro atoms. The Hall–Kier alpha value is -0.530. The van der Waals surface area contributed by atoms with Gasteiger partial charge in [-0.25, -0.2) is 0 Å². The van der Waals surface area contributed by atoms with Gasteiger partial charge < -0.3 is 5.32 Å². The SMILES string of the molecule is CCC(=O)NC1CCC(C)C1. The molecule has 1 aliphatic carbocycles. The third kappa shape index (κ3) is 2.52. The molecule has 1 amide bonds. The lowest BCUT2D eigenvalue weighted by Crippen LogP contribution is -2.32. The summed E-state index contributed by atoms with van der Waals surface area (Å²) in [5.41, 5.74) is 0. The fraction of sp³-hybridized carbons (Fsp3) is 0.889. The van der Waals surface area contributed by atoms with Crippen molar-refractivity contribution in [1.82, 2.24) is 5.32 Å². The molecule has 2 nitrogen and oxygen atoms in total. The van der Waals surface area contributed by atoms with Crippen LogP contribution in [0.5, 0.6) is 0 Å². The minimum atomic E-state index is 0.198. The highest BCUT2D eigenvalue weighted by Gasteiger charge is 2.21. The van der Waals surface area contributed by atoms with Gasteiger partial charge in [-0.15, -0.1) is 0 Å². The minimum Gasteiger partial charge on any atom is -0.353 e. The molecule has 1 fully saturated rings. The molecule has 1 N–H and O–H groups in total. The van der Waals surface area contributed by atoms with Crippen molar-refractivity contribution in [3.8, 4) is 0 Å². The molecule has 1 saturated carbocycles. The number of carbonyl (C=O) groups excluding carboxylic acids is 1. The number of hydrogen-bond donors (Lipinski definition) is 1. The van der Waals surface area contributed by atoms with E-state index in [4.69, 9.17) is 0 Å². The van der Waals surface area contributed by atoms with Gasteiger partial charge in [0.05, 0.1) is 0 Å². The molecular weight excluding hydrogens is 138 g/mol. The van der Waals surface area contributed by atoms with Crippen molar-refractivity contribution in [3.63, 3.8) is 0 Å². The normalized spacial score (nSPS) is 30.4. The van der Waals surface area contributed by atoms with Crippen LogP contribution in [0.2, 0.25) is 0 Å². The maximum atomic E-state index is 11.0. The van der Waals surface area contributed by atoms with Crippen LogP contribution in [0, 0.1) is 5.92 Å². The van der Waals surface area contributed by atoms with Crippen LogP contribution in [0.15, 0.2) is 0 Å². The zero-order chi connectivity index (χ0) is 8.27. The third-order valence-corrected chi connectivity index (χ3v) is 2.38. The maximum absolute atomic E-state index is 11.0. The lowest BCUT2D eigenvalue weighted by molar-refractivity contribution is -0.121. The van der Waals surface area contributed by atoms with Gasteiger partial charge in [0, 0.05) is 12.5 Å². The van der Waals surface area contributed by atoms with Gasteiger partial charge in [0.2, 0.25) is 5.91 Å². The Labute approximate surface area is 68.4 Å². The van der Waals surface area contributed by atoms with Crippen LogP contribution in [0.3, 0.4) is 0 Å². The second-order valence-electron chi connectivity index (χ2n) is 3.54. The summed E-state index contributed by atoms with van der Waals surface area (Å²) >= 11 is 0.